The van der Waals surface area contributed by atoms with Gasteiger partial charge in [0.05, 0.1) is 6.42 Å². The fourth-order valence-corrected chi connectivity index (χ4v) is 8.84. The van der Waals surface area contributed by atoms with Gasteiger partial charge in [-0.1, -0.05) is 89.6 Å². The van der Waals surface area contributed by atoms with E-state index in [1.165, 1.54) is 33.8 Å². The lowest BCUT2D eigenvalue weighted by Gasteiger charge is -2.37. The molecule has 3 aromatic rings. The standard InChI is InChI=1S/C27H38N2P/c1-20-17-21(2)25(22(3)18-20)28-15-16-29(30(26(4,5)6)27(7,8)9)24(28)19-23-13-11-10-12-14-23/h10-18H,19H2,1-9H3/q+1. The Morgan fingerprint density at radius 2 is 1.37 bits per heavy atom. The van der Waals surface area contributed by atoms with Crippen molar-refractivity contribution in [2.45, 2.75) is 79.0 Å². The highest BCUT2D eigenvalue weighted by Gasteiger charge is 2.43. The Balaban J connectivity index is 2.28. The third-order valence-electron chi connectivity index (χ3n) is 5.47. The summed E-state index contributed by atoms with van der Waals surface area (Å²) in [6.07, 6.45) is 5.54. The van der Waals surface area contributed by atoms with Crippen molar-refractivity contribution in [3.8, 4) is 5.69 Å². The summed E-state index contributed by atoms with van der Waals surface area (Å²) in [4.78, 5) is 0. The molecule has 0 N–H and O–H groups in total. The zero-order valence-electron chi connectivity index (χ0n) is 20.2. The van der Waals surface area contributed by atoms with Crippen LogP contribution in [0.3, 0.4) is 0 Å². The molecule has 2 aromatic carbocycles. The van der Waals surface area contributed by atoms with Crippen molar-refractivity contribution in [2.75, 3.05) is 0 Å². The summed E-state index contributed by atoms with van der Waals surface area (Å²) in [5.74, 6) is 1.37. The van der Waals surface area contributed by atoms with Gasteiger partial charge in [0.15, 0.2) is 0 Å². The van der Waals surface area contributed by atoms with Crippen molar-refractivity contribution in [2.24, 2.45) is 0 Å². The predicted molar refractivity (Wildman–Crippen MR) is 131 cm³/mol. The molecule has 0 aliphatic rings. The number of rotatable bonds is 4. The Morgan fingerprint density at radius 1 is 0.833 bits per heavy atom. The van der Waals surface area contributed by atoms with Crippen LogP contribution in [0.2, 0.25) is 0 Å². The number of hydrogen-bond donors (Lipinski definition) is 0. The molecule has 0 unspecified atom stereocenters. The fourth-order valence-electron chi connectivity index (χ4n) is 4.95. The maximum atomic E-state index is 2.61. The number of nitrogens with zero attached hydrogens (tertiary/aromatic N) is 2. The van der Waals surface area contributed by atoms with Gasteiger partial charge in [0.2, 0.25) is 0 Å². The number of aryl methyl sites for hydroxylation is 3. The Bertz CT molecular complexity index is 980. The van der Waals surface area contributed by atoms with E-state index in [4.69, 9.17) is 0 Å². The summed E-state index contributed by atoms with van der Waals surface area (Å²) in [7, 11) is -0.454. The van der Waals surface area contributed by atoms with Gasteiger partial charge >= 0.3 is 0 Å². The highest BCUT2D eigenvalue weighted by molar-refractivity contribution is 7.59. The second-order valence-corrected chi connectivity index (χ2v) is 14.2. The van der Waals surface area contributed by atoms with Crippen LogP contribution in [0.15, 0.2) is 54.9 Å². The third kappa shape index (κ3) is 4.70. The molecule has 1 heterocycles. The fraction of sp³-hybridized carbons (Fsp3) is 0.444. The summed E-state index contributed by atoms with van der Waals surface area (Å²) in [6, 6.07) is 15.5. The highest BCUT2D eigenvalue weighted by Crippen LogP contribution is 2.60. The third-order valence-corrected chi connectivity index (χ3v) is 8.80. The van der Waals surface area contributed by atoms with E-state index in [-0.39, 0.29) is 10.3 Å². The van der Waals surface area contributed by atoms with E-state index in [2.05, 4.69) is 126 Å². The quantitative estimate of drug-likeness (QED) is 0.313. The molecular weight excluding hydrogens is 383 g/mol. The minimum Gasteiger partial charge on any atom is -0.214 e. The minimum atomic E-state index is -0.454. The van der Waals surface area contributed by atoms with Gasteiger partial charge in [0.25, 0.3) is 5.82 Å². The molecule has 0 spiro atoms. The largest absolute Gasteiger partial charge is 0.268 e. The average molecular weight is 422 g/mol. The lowest BCUT2D eigenvalue weighted by molar-refractivity contribution is -0.603. The Labute approximate surface area is 184 Å². The first-order valence-corrected chi connectivity index (χ1v) is 12.2. The number of hydrogen-bond acceptors (Lipinski definition) is 0. The van der Waals surface area contributed by atoms with E-state index < -0.39 is 8.07 Å². The van der Waals surface area contributed by atoms with Crippen LogP contribution in [0.4, 0.5) is 0 Å². The second kappa shape index (κ2) is 8.31. The molecule has 3 rings (SSSR count). The van der Waals surface area contributed by atoms with Gasteiger partial charge < -0.3 is 0 Å². The second-order valence-electron chi connectivity index (χ2n) is 10.5. The zero-order chi connectivity index (χ0) is 22.3. The van der Waals surface area contributed by atoms with Gasteiger partial charge in [-0.25, -0.2) is 4.34 Å². The number of benzene rings is 2. The van der Waals surface area contributed by atoms with Crippen LogP contribution < -0.4 is 4.57 Å². The first-order chi connectivity index (χ1) is 13.9. The Morgan fingerprint density at radius 3 is 1.87 bits per heavy atom. The molecule has 160 valence electrons. The van der Waals surface area contributed by atoms with Gasteiger partial charge in [-0.3, -0.25) is 0 Å². The molecule has 0 radical (unpaired) electrons. The summed E-state index contributed by atoms with van der Waals surface area (Å²) in [5, 5.41) is 0.403. The average Bonchev–Trinajstić information content (AvgIpc) is 2.95. The molecule has 2 nitrogen and oxygen atoms in total. The van der Waals surface area contributed by atoms with Crippen LogP contribution in [0.1, 0.15) is 69.6 Å². The van der Waals surface area contributed by atoms with E-state index in [9.17, 15) is 0 Å². The summed E-state index contributed by atoms with van der Waals surface area (Å²) >= 11 is 0. The van der Waals surface area contributed by atoms with Crippen molar-refractivity contribution in [3.63, 3.8) is 0 Å². The smallest absolute Gasteiger partial charge is 0.214 e. The molecule has 0 aliphatic carbocycles. The Hall–Kier alpha value is -1.92. The van der Waals surface area contributed by atoms with Crippen molar-refractivity contribution in [1.29, 1.82) is 0 Å². The monoisotopic (exact) mass is 421 g/mol. The Kier molecular flexibility index (Phi) is 6.30. The molecule has 3 heteroatoms. The molecule has 0 fully saturated rings. The van der Waals surface area contributed by atoms with Crippen LogP contribution >= 0.6 is 8.07 Å². The van der Waals surface area contributed by atoms with Crippen LogP contribution in [0.25, 0.3) is 5.69 Å². The summed E-state index contributed by atoms with van der Waals surface area (Å²) in [5.41, 5.74) is 6.67. The molecule has 0 amide bonds. The maximum Gasteiger partial charge on any atom is 0.268 e. The number of aromatic nitrogens is 2. The van der Waals surface area contributed by atoms with Gasteiger partial charge in [-0.05, 0) is 37.5 Å². The van der Waals surface area contributed by atoms with Crippen LogP contribution in [0.5, 0.6) is 0 Å². The maximum absolute atomic E-state index is 2.61. The molecule has 0 atom stereocenters. The zero-order valence-corrected chi connectivity index (χ0v) is 21.1. The molecule has 0 saturated carbocycles. The normalized spacial score (nSPS) is 12.6. The van der Waals surface area contributed by atoms with E-state index >= 15 is 0 Å². The molecule has 30 heavy (non-hydrogen) atoms. The van der Waals surface area contributed by atoms with Crippen molar-refractivity contribution < 1.29 is 4.57 Å². The highest BCUT2D eigenvalue weighted by atomic mass is 31.1. The van der Waals surface area contributed by atoms with E-state index in [1.54, 1.807) is 0 Å². The SMILES string of the molecule is Cc1cc(C)c(-[n+]2ccn(P(C(C)(C)C)C(C)(C)C)c2Cc2ccccc2)c(C)c1. The van der Waals surface area contributed by atoms with Gasteiger partial charge in [0, 0.05) is 10.3 Å². The predicted octanol–water partition coefficient (Wildman–Crippen LogP) is 7.12. The minimum absolute atomic E-state index is 0.202. The van der Waals surface area contributed by atoms with Crippen LogP contribution in [0, 0.1) is 20.8 Å². The number of imidazole rings is 1. The topological polar surface area (TPSA) is 8.81 Å². The van der Waals surface area contributed by atoms with Crippen molar-refractivity contribution >= 4 is 8.07 Å². The first-order valence-electron chi connectivity index (χ1n) is 10.9. The van der Waals surface area contributed by atoms with Crippen molar-refractivity contribution in [3.05, 3.63) is 82.9 Å². The van der Waals surface area contributed by atoms with E-state index in [0.717, 1.165) is 6.42 Å². The summed E-state index contributed by atoms with van der Waals surface area (Å²) < 4.78 is 5.06. The lowest BCUT2D eigenvalue weighted by Crippen LogP contribution is -2.38. The lowest BCUT2D eigenvalue weighted by atomic mass is 10.0. The summed E-state index contributed by atoms with van der Waals surface area (Å²) in [6.45, 7) is 21.0. The molecule has 0 aliphatic heterocycles. The van der Waals surface area contributed by atoms with Crippen LogP contribution in [-0.4, -0.2) is 14.6 Å². The van der Waals surface area contributed by atoms with E-state index in [1.807, 2.05) is 0 Å². The van der Waals surface area contributed by atoms with E-state index in [0.29, 0.717) is 0 Å². The molecule has 1 aromatic heterocycles. The van der Waals surface area contributed by atoms with Gasteiger partial charge in [0.1, 0.15) is 26.2 Å². The van der Waals surface area contributed by atoms with Crippen LogP contribution in [-0.2, 0) is 6.42 Å². The molecule has 0 bridgehead atoms. The van der Waals surface area contributed by atoms with Gasteiger partial charge in [-0.2, -0.15) is 4.57 Å². The van der Waals surface area contributed by atoms with Crippen molar-refractivity contribution in [1.82, 2.24) is 4.34 Å². The van der Waals surface area contributed by atoms with Gasteiger partial charge in [-0.15, -0.1) is 0 Å². The first kappa shape index (κ1) is 22.8. The molecular formula is C27H38N2P+. The molecule has 0 saturated heterocycles.